The molecule has 1 aromatic heterocycles. The molecule has 2 aromatic rings. The van der Waals surface area contributed by atoms with Gasteiger partial charge in [0.15, 0.2) is 0 Å². The van der Waals surface area contributed by atoms with Crippen molar-refractivity contribution in [2.24, 2.45) is 0 Å². The number of nitrogens with one attached hydrogen (secondary N) is 1. The molecule has 1 heterocycles. The van der Waals surface area contributed by atoms with Gasteiger partial charge in [-0.2, -0.15) is 9.78 Å². The van der Waals surface area contributed by atoms with E-state index in [1.807, 2.05) is 6.92 Å². The van der Waals surface area contributed by atoms with Crippen LogP contribution in [0.25, 0.3) is 5.69 Å². The molecule has 9 heteroatoms. The van der Waals surface area contributed by atoms with E-state index in [2.05, 4.69) is 10.4 Å². The Morgan fingerprint density at radius 3 is 2.67 bits per heavy atom. The molecule has 1 aromatic carbocycles. The van der Waals surface area contributed by atoms with Crippen molar-refractivity contribution in [3.05, 3.63) is 50.4 Å². The molecule has 2 unspecified atom stereocenters. The Labute approximate surface area is 168 Å². The summed E-state index contributed by atoms with van der Waals surface area (Å²) in [6.07, 6.45) is 5.53. The van der Waals surface area contributed by atoms with Crippen molar-refractivity contribution in [2.75, 3.05) is 11.6 Å². The average Bonchev–Trinajstić information content (AvgIpc) is 2.61. The number of hydrogen-bond donors (Lipinski definition) is 1. The molecule has 6 nitrogen and oxygen atoms in total. The van der Waals surface area contributed by atoms with Crippen LogP contribution in [-0.2, 0) is 9.84 Å². The zero-order valence-corrected chi connectivity index (χ0v) is 17.4. The third kappa shape index (κ3) is 4.47. The van der Waals surface area contributed by atoms with E-state index in [0.29, 0.717) is 29.2 Å². The van der Waals surface area contributed by atoms with Gasteiger partial charge in [-0.1, -0.05) is 35.7 Å². The number of rotatable bonds is 4. The number of anilines is 1. The summed E-state index contributed by atoms with van der Waals surface area (Å²) in [4.78, 5) is 12.6. The zero-order chi connectivity index (χ0) is 19.8. The van der Waals surface area contributed by atoms with E-state index in [9.17, 15) is 13.2 Å². The van der Waals surface area contributed by atoms with Gasteiger partial charge in [0, 0.05) is 17.3 Å². The maximum absolute atomic E-state index is 12.6. The van der Waals surface area contributed by atoms with Gasteiger partial charge in [0.1, 0.15) is 14.9 Å². The lowest BCUT2D eigenvalue weighted by Crippen LogP contribution is -2.35. The Hall–Kier alpha value is -1.57. The Kier molecular flexibility index (Phi) is 5.84. The molecule has 1 N–H and O–H groups in total. The van der Waals surface area contributed by atoms with Crippen LogP contribution in [0.15, 0.2) is 29.2 Å². The highest BCUT2D eigenvalue weighted by Gasteiger charge is 2.29. The van der Waals surface area contributed by atoms with Gasteiger partial charge in [-0.15, -0.1) is 0 Å². The summed E-state index contributed by atoms with van der Waals surface area (Å²) in [6.45, 7) is 1.87. The van der Waals surface area contributed by atoms with E-state index in [1.54, 1.807) is 18.2 Å². The predicted octanol–water partition coefficient (Wildman–Crippen LogP) is 3.62. The Balaban J connectivity index is 1.85. The van der Waals surface area contributed by atoms with Crippen LogP contribution < -0.4 is 10.9 Å². The van der Waals surface area contributed by atoms with Crippen molar-refractivity contribution in [3.8, 4) is 5.69 Å². The van der Waals surface area contributed by atoms with Crippen LogP contribution in [0.2, 0.25) is 10.0 Å². The predicted molar refractivity (Wildman–Crippen MR) is 109 cm³/mol. The average molecular weight is 430 g/mol. The molecule has 0 radical (unpaired) electrons. The number of aryl methyl sites for hydroxylation is 1. The molecule has 0 aliphatic heterocycles. The van der Waals surface area contributed by atoms with Gasteiger partial charge >= 0.3 is 0 Å². The monoisotopic (exact) mass is 429 g/mol. The molecule has 27 heavy (non-hydrogen) atoms. The zero-order valence-electron chi connectivity index (χ0n) is 15.1. The summed E-state index contributed by atoms with van der Waals surface area (Å²) in [5.41, 5.74) is 1.38. The third-order valence-electron chi connectivity index (χ3n) is 4.91. The molecule has 3 rings (SSSR count). The van der Waals surface area contributed by atoms with Crippen LogP contribution >= 0.6 is 23.2 Å². The largest absolute Gasteiger partial charge is 0.380 e. The molecule has 0 spiro atoms. The van der Waals surface area contributed by atoms with Gasteiger partial charge < -0.3 is 5.32 Å². The van der Waals surface area contributed by atoms with Crippen molar-refractivity contribution in [1.82, 2.24) is 9.78 Å². The van der Waals surface area contributed by atoms with E-state index >= 15 is 0 Å². The fourth-order valence-electron chi connectivity index (χ4n) is 3.32. The van der Waals surface area contributed by atoms with E-state index in [0.717, 1.165) is 18.4 Å². The molecular formula is C18H21Cl2N3O3S. The minimum atomic E-state index is -3.09. The maximum Gasteiger partial charge on any atom is 0.292 e. The first-order valence-electron chi connectivity index (χ1n) is 8.66. The molecule has 1 aliphatic rings. The number of nitrogens with zero attached hydrogens (tertiary/aromatic N) is 2. The summed E-state index contributed by atoms with van der Waals surface area (Å²) < 4.78 is 24.8. The highest BCUT2D eigenvalue weighted by atomic mass is 35.5. The molecule has 2 atom stereocenters. The van der Waals surface area contributed by atoms with Crippen LogP contribution in [0, 0.1) is 6.92 Å². The second-order valence-electron chi connectivity index (χ2n) is 6.98. The molecule has 0 amide bonds. The van der Waals surface area contributed by atoms with Crippen molar-refractivity contribution in [3.63, 3.8) is 0 Å². The molecular weight excluding hydrogens is 409 g/mol. The Morgan fingerprint density at radius 1 is 1.26 bits per heavy atom. The minimum Gasteiger partial charge on any atom is -0.380 e. The first-order valence-corrected chi connectivity index (χ1v) is 11.4. The quantitative estimate of drug-likeness (QED) is 0.802. The van der Waals surface area contributed by atoms with Gasteiger partial charge in [0.25, 0.3) is 5.56 Å². The van der Waals surface area contributed by atoms with Crippen LogP contribution in [0.5, 0.6) is 0 Å². The van der Waals surface area contributed by atoms with Gasteiger partial charge in [0.2, 0.25) is 0 Å². The standard InChI is InChI=1S/C18H21Cl2N3O3S/c1-11-6-7-13(9-15(11)19)23-18(24)17(20)16(10-21-23)22-12-4-3-5-14(8-12)27(2,25)26/h6-7,9-10,12,14,22H,3-5,8H2,1-2H3. The third-order valence-corrected chi connectivity index (χ3v) is 7.32. The topological polar surface area (TPSA) is 81.1 Å². The summed E-state index contributed by atoms with van der Waals surface area (Å²) in [5.74, 6) is 0. The number of hydrogen-bond acceptors (Lipinski definition) is 5. The van der Waals surface area contributed by atoms with Crippen LogP contribution in [0.3, 0.4) is 0 Å². The van der Waals surface area contributed by atoms with Gasteiger partial charge in [-0.05, 0) is 43.9 Å². The van der Waals surface area contributed by atoms with Gasteiger partial charge in [-0.25, -0.2) is 8.42 Å². The summed E-state index contributed by atoms with van der Waals surface area (Å²) in [5, 5.41) is 7.57. The van der Waals surface area contributed by atoms with Crippen molar-refractivity contribution in [1.29, 1.82) is 0 Å². The van der Waals surface area contributed by atoms with Crippen molar-refractivity contribution < 1.29 is 8.42 Å². The first-order chi connectivity index (χ1) is 12.7. The Morgan fingerprint density at radius 2 is 2.00 bits per heavy atom. The lowest BCUT2D eigenvalue weighted by Gasteiger charge is -2.29. The molecule has 1 fully saturated rings. The highest BCUT2D eigenvalue weighted by Crippen LogP contribution is 2.28. The number of sulfone groups is 1. The lowest BCUT2D eigenvalue weighted by molar-refractivity contribution is 0.452. The summed E-state index contributed by atoms with van der Waals surface area (Å²) in [7, 11) is -3.09. The normalized spacial score (nSPS) is 20.4. The smallest absolute Gasteiger partial charge is 0.292 e. The molecule has 1 saturated carbocycles. The SMILES string of the molecule is Cc1ccc(-n2ncc(NC3CCCC(S(C)(=O)=O)C3)c(Cl)c2=O)cc1Cl. The second-order valence-corrected chi connectivity index (χ2v) is 10.1. The van der Waals surface area contributed by atoms with E-state index in [4.69, 9.17) is 23.2 Å². The van der Waals surface area contributed by atoms with Gasteiger partial charge in [-0.3, -0.25) is 4.79 Å². The fourth-order valence-corrected chi connectivity index (χ4v) is 4.85. The summed E-state index contributed by atoms with van der Waals surface area (Å²) in [6, 6.07) is 5.14. The molecule has 146 valence electrons. The fraction of sp³-hybridized carbons (Fsp3) is 0.444. The Bertz CT molecular complexity index is 1020. The van der Waals surface area contributed by atoms with Crippen LogP contribution in [0.1, 0.15) is 31.2 Å². The van der Waals surface area contributed by atoms with E-state index in [-0.39, 0.29) is 16.3 Å². The summed E-state index contributed by atoms with van der Waals surface area (Å²) >= 11 is 12.4. The van der Waals surface area contributed by atoms with Crippen molar-refractivity contribution >= 4 is 38.7 Å². The number of benzene rings is 1. The molecule has 0 saturated heterocycles. The maximum atomic E-state index is 12.6. The second kappa shape index (κ2) is 7.81. The van der Waals surface area contributed by atoms with E-state index < -0.39 is 15.4 Å². The van der Waals surface area contributed by atoms with E-state index in [1.165, 1.54) is 17.1 Å². The minimum absolute atomic E-state index is 0.0168. The number of halogens is 2. The lowest BCUT2D eigenvalue weighted by atomic mass is 9.95. The molecule has 1 aliphatic carbocycles. The molecule has 0 bridgehead atoms. The first kappa shape index (κ1) is 20.2. The van der Waals surface area contributed by atoms with Crippen LogP contribution in [0.4, 0.5) is 5.69 Å². The van der Waals surface area contributed by atoms with Crippen LogP contribution in [-0.4, -0.2) is 35.7 Å². The van der Waals surface area contributed by atoms with Gasteiger partial charge in [0.05, 0.1) is 22.8 Å². The highest BCUT2D eigenvalue weighted by molar-refractivity contribution is 7.91. The van der Waals surface area contributed by atoms with Crippen molar-refractivity contribution in [2.45, 2.75) is 43.9 Å². The number of aromatic nitrogens is 2.